The van der Waals surface area contributed by atoms with Crippen molar-refractivity contribution in [3.8, 4) is 11.8 Å². The maximum Gasteiger partial charge on any atom is 0.124 e. The van der Waals surface area contributed by atoms with Crippen molar-refractivity contribution in [2.45, 2.75) is 26.4 Å². The second-order valence-electron chi connectivity index (χ2n) is 3.83. The Labute approximate surface area is 83.6 Å². The molecule has 0 saturated heterocycles. The minimum absolute atomic E-state index is 0.301. The molecule has 0 aliphatic carbocycles. The maximum atomic E-state index is 12.9. The molecule has 1 aromatic carbocycles. The average Bonchev–Trinajstić information content (AvgIpc) is 1.97. The van der Waals surface area contributed by atoms with Crippen molar-refractivity contribution in [2.75, 3.05) is 0 Å². The molecule has 1 N–H and O–H groups in total. The van der Waals surface area contributed by atoms with Crippen LogP contribution in [0.4, 0.5) is 4.39 Å². The van der Waals surface area contributed by atoms with Gasteiger partial charge in [-0.1, -0.05) is 11.8 Å². The number of hydrogen-bond acceptors (Lipinski definition) is 1. The van der Waals surface area contributed by atoms with Gasteiger partial charge in [-0.2, -0.15) is 0 Å². The molecule has 0 heterocycles. The predicted octanol–water partition coefficient (Wildman–Crippen LogP) is 2.26. The van der Waals surface area contributed by atoms with E-state index in [9.17, 15) is 9.50 Å². The summed E-state index contributed by atoms with van der Waals surface area (Å²) in [6.45, 7) is 4.98. The Balaban J connectivity index is 3.02. The summed E-state index contributed by atoms with van der Waals surface area (Å²) in [4.78, 5) is 0. The van der Waals surface area contributed by atoms with Crippen LogP contribution in [0.25, 0.3) is 0 Å². The van der Waals surface area contributed by atoms with Crippen LogP contribution in [0.15, 0.2) is 18.2 Å². The van der Waals surface area contributed by atoms with Gasteiger partial charge in [0.05, 0.1) is 0 Å². The van der Waals surface area contributed by atoms with Crippen molar-refractivity contribution >= 4 is 0 Å². The van der Waals surface area contributed by atoms with Gasteiger partial charge in [-0.15, -0.1) is 0 Å². The molecule has 0 bridgehead atoms. The van der Waals surface area contributed by atoms with Crippen LogP contribution < -0.4 is 0 Å². The third-order valence-corrected chi connectivity index (χ3v) is 1.55. The number of aliphatic hydroxyl groups is 1. The zero-order chi connectivity index (χ0) is 10.8. The van der Waals surface area contributed by atoms with Gasteiger partial charge < -0.3 is 5.11 Å². The minimum atomic E-state index is -1.04. The van der Waals surface area contributed by atoms with Gasteiger partial charge in [0, 0.05) is 5.56 Å². The van der Waals surface area contributed by atoms with Crippen LogP contribution in [0.5, 0.6) is 0 Å². The minimum Gasteiger partial charge on any atom is -0.378 e. The molecule has 74 valence electrons. The summed E-state index contributed by atoms with van der Waals surface area (Å²) in [7, 11) is 0. The summed E-state index contributed by atoms with van der Waals surface area (Å²) in [6.07, 6.45) is 0. The van der Waals surface area contributed by atoms with E-state index in [0.717, 1.165) is 5.56 Å². The quantitative estimate of drug-likeness (QED) is 0.625. The lowest BCUT2D eigenvalue weighted by atomic mass is 10.1. The molecule has 0 atom stereocenters. The maximum absolute atomic E-state index is 12.9. The van der Waals surface area contributed by atoms with Gasteiger partial charge in [-0.3, -0.25) is 0 Å². The second kappa shape index (κ2) is 3.81. The first-order valence-electron chi connectivity index (χ1n) is 4.39. The standard InChI is InChI=1S/C12H13FO/c1-9-6-10(8-11(13)7-9)4-5-12(2,3)14/h6-8,14H,1-3H3. The SMILES string of the molecule is Cc1cc(F)cc(C#CC(C)(C)O)c1. The van der Waals surface area contributed by atoms with Crippen molar-refractivity contribution in [3.05, 3.63) is 35.1 Å². The lowest BCUT2D eigenvalue weighted by Gasteiger charge is -2.06. The molecule has 0 aromatic heterocycles. The molecule has 0 amide bonds. The van der Waals surface area contributed by atoms with Crippen LogP contribution in [0.2, 0.25) is 0 Å². The largest absolute Gasteiger partial charge is 0.378 e. The first-order chi connectivity index (χ1) is 6.37. The zero-order valence-electron chi connectivity index (χ0n) is 8.56. The van der Waals surface area contributed by atoms with E-state index in [1.807, 2.05) is 0 Å². The third kappa shape index (κ3) is 3.59. The van der Waals surface area contributed by atoms with Crippen molar-refractivity contribution in [3.63, 3.8) is 0 Å². The molecule has 14 heavy (non-hydrogen) atoms. The highest BCUT2D eigenvalue weighted by Gasteiger charge is 2.05. The third-order valence-electron chi connectivity index (χ3n) is 1.55. The molecule has 1 rings (SSSR count). The fourth-order valence-corrected chi connectivity index (χ4v) is 1.03. The van der Waals surface area contributed by atoms with E-state index < -0.39 is 5.60 Å². The molecule has 1 nitrogen and oxygen atoms in total. The highest BCUT2D eigenvalue weighted by molar-refractivity contribution is 5.38. The van der Waals surface area contributed by atoms with Crippen molar-refractivity contribution in [1.82, 2.24) is 0 Å². The Morgan fingerprint density at radius 2 is 1.93 bits per heavy atom. The molecule has 1 aromatic rings. The van der Waals surface area contributed by atoms with Crippen molar-refractivity contribution in [1.29, 1.82) is 0 Å². The average molecular weight is 192 g/mol. The first kappa shape index (κ1) is 10.7. The van der Waals surface area contributed by atoms with E-state index in [-0.39, 0.29) is 5.82 Å². The molecule has 0 saturated carbocycles. The molecule has 0 aliphatic heterocycles. The topological polar surface area (TPSA) is 20.2 Å². The summed E-state index contributed by atoms with van der Waals surface area (Å²) in [5, 5.41) is 9.35. The van der Waals surface area contributed by atoms with Gasteiger partial charge >= 0.3 is 0 Å². The lowest BCUT2D eigenvalue weighted by Crippen LogP contribution is -2.14. The van der Waals surface area contributed by atoms with Gasteiger partial charge in [-0.05, 0) is 44.5 Å². The second-order valence-corrected chi connectivity index (χ2v) is 3.83. The summed E-state index contributed by atoms with van der Waals surface area (Å²) in [5.41, 5.74) is 0.370. The molecule has 0 fully saturated rings. The molecular weight excluding hydrogens is 179 g/mol. The van der Waals surface area contributed by atoms with Gasteiger partial charge in [0.1, 0.15) is 11.4 Å². The number of benzene rings is 1. The molecular formula is C12H13FO. The highest BCUT2D eigenvalue weighted by Crippen LogP contribution is 2.07. The predicted molar refractivity (Wildman–Crippen MR) is 54.3 cm³/mol. The number of halogens is 1. The smallest absolute Gasteiger partial charge is 0.124 e. The molecule has 0 spiro atoms. The molecule has 0 radical (unpaired) electrons. The van der Waals surface area contributed by atoms with Gasteiger partial charge in [0.2, 0.25) is 0 Å². The Kier molecular flexibility index (Phi) is 2.93. The molecule has 0 aliphatic rings. The highest BCUT2D eigenvalue weighted by atomic mass is 19.1. The summed E-state index contributed by atoms with van der Waals surface area (Å²) >= 11 is 0. The summed E-state index contributed by atoms with van der Waals surface area (Å²) in [5.74, 6) is 5.06. The lowest BCUT2D eigenvalue weighted by molar-refractivity contribution is 0.143. The fourth-order valence-electron chi connectivity index (χ4n) is 1.03. The zero-order valence-corrected chi connectivity index (χ0v) is 8.56. The van der Waals surface area contributed by atoms with E-state index in [4.69, 9.17) is 0 Å². The monoisotopic (exact) mass is 192 g/mol. The number of rotatable bonds is 0. The van der Waals surface area contributed by atoms with Gasteiger partial charge in [-0.25, -0.2) is 4.39 Å². The van der Waals surface area contributed by atoms with E-state index in [0.29, 0.717) is 5.56 Å². The normalized spacial score (nSPS) is 10.6. The Hall–Kier alpha value is -1.33. The number of aryl methyl sites for hydroxylation is 1. The van der Waals surface area contributed by atoms with Crippen LogP contribution in [-0.2, 0) is 0 Å². The van der Waals surface area contributed by atoms with Crippen LogP contribution >= 0.6 is 0 Å². The number of hydrogen-bond donors (Lipinski definition) is 1. The van der Waals surface area contributed by atoms with Gasteiger partial charge in [0.15, 0.2) is 0 Å². The molecule has 0 unspecified atom stereocenters. The first-order valence-corrected chi connectivity index (χ1v) is 4.39. The van der Waals surface area contributed by atoms with Crippen LogP contribution in [0.3, 0.4) is 0 Å². The van der Waals surface area contributed by atoms with Crippen LogP contribution in [-0.4, -0.2) is 10.7 Å². The Bertz CT molecular complexity index is 371. The van der Waals surface area contributed by atoms with Crippen molar-refractivity contribution < 1.29 is 9.50 Å². The molecule has 2 heteroatoms. The van der Waals surface area contributed by atoms with E-state index >= 15 is 0 Å². The van der Waals surface area contributed by atoms with Crippen LogP contribution in [0, 0.1) is 24.6 Å². The van der Waals surface area contributed by atoms with Crippen molar-refractivity contribution in [2.24, 2.45) is 0 Å². The van der Waals surface area contributed by atoms with E-state index in [1.165, 1.54) is 12.1 Å². The van der Waals surface area contributed by atoms with E-state index in [2.05, 4.69) is 11.8 Å². The summed E-state index contributed by atoms with van der Waals surface area (Å²) < 4.78 is 12.9. The Morgan fingerprint density at radius 1 is 1.29 bits per heavy atom. The summed E-state index contributed by atoms with van der Waals surface area (Å²) in [6, 6.07) is 4.57. The Morgan fingerprint density at radius 3 is 2.43 bits per heavy atom. The fraction of sp³-hybridized carbons (Fsp3) is 0.333. The van der Waals surface area contributed by atoms with Crippen LogP contribution in [0.1, 0.15) is 25.0 Å². The van der Waals surface area contributed by atoms with Gasteiger partial charge in [0.25, 0.3) is 0 Å². The van der Waals surface area contributed by atoms with E-state index in [1.54, 1.807) is 26.8 Å².